The Morgan fingerprint density at radius 1 is 1.50 bits per heavy atom. The Kier molecular flexibility index (Phi) is 2.91. The standard InChI is InChI=1S/C12H13BrN4O/c1-12(4-6-14-7-12)11-16-10(17-18-11)9-8(13)3-2-5-15-9/h2-3,5,14H,4,6-7H2,1H3. The Hall–Kier alpha value is -1.27. The molecule has 1 aliphatic heterocycles. The molecule has 1 saturated heterocycles. The van der Waals surface area contributed by atoms with Gasteiger partial charge in [-0.1, -0.05) is 5.16 Å². The van der Waals surface area contributed by atoms with E-state index < -0.39 is 0 Å². The highest BCUT2D eigenvalue weighted by molar-refractivity contribution is 9.10. The van der Waals surface area contributed by atoms with Crippen LogP contribution in [-0.4, -0.2) is 28.2 Å². The minimum absolute atomic E-state index is 0.0630. The molecule has 0 bridgehead atoms. The topological polar surface area (TPSA) is 63.8 Å². The van der Waals surface area contributed by atoms with Crippen LogP contribution in [0.2, 0.25) is 0 Å². The first-order valence-corrected chi connectivity index (χ1v) is 6.64. The summed E-state index contributed by atoms with van der Waals surface area (Å²) in [6.07, 6.45) is 2.73. The molecule has 1 fully saturated rings. The largest absolute Gasteiger partial charge is 0.338 e. The van der Waals surface area contributed by atoms with Gasteiger partial charge in [0, 0.05) is 17.2 Å². The third-order valence-corrected chi connectivity index (χ3v) is 3.92. The van der Waals surface area contributed by atoms with E-state index in [2.05, 4.69) is 43.3 Å². The molecule has 0 spiro atoms. The molecule has 3 heterocycles. The van der Waals surface area contributed by atoms with E-state index in [1.165, 1.54) is 0 Å². The molecule has 0 saturated carbocycles. The minimum Gasteiger partial charge on any atom is -0.338 e. The Bertz CT molecular complexity index is 563. The maximum Gasteiger partial charge on any atom is 0.234 e. The molecule has 1 unspecified atom stereocenters. The molecule has 2 aromatic heterocycles. The lowest BCUT2D eigenvalue weighted by Gasteiger charge is -2.15. The molecule has 0 aromatic carbocycles. The molecular weight excluding hydrogens is 296 g/mol. The number of hydrogen-bond donors (Lipinski definition) is 1. The molecule has 1 N–H and O–H groups in total. The molecule has 3 rings (SSSR count). The summed E-state index contributed by atoms with van der Waals surface area (Å²) >= 11 is 3.44. The van der Waals surface area contributed by atoms with Crippen LogP contribution < -0.4 is 5.32 Å². The highest BCUT2D eigenvalue weighted by atomic mass is 79.9. The lowest BCUT2D eigenvalue weighted by atomic mass is 9.90. The predicted molar refractivity (Wildman–Crippen MR) is 70.1 cm³/mol. The van der Waals surface area contributed by atoms with E-state index in [-0.39, 0.29) is 5.41 Å². The van der Waals surface area contributed by atoms with Crippen molar-refractivity contribution < 1.29 is 4.52 Å². The fraction of sp³-hybridized carbons (Fsp3) is 0.417. The lowest BCUT2D eigenvalue weighted by Crippen LogP contribution is -2.25. The molecule has 1 atom stereocenters. The van der Waals surface area contributed by atoms with Gasteiger partial charge in [-0.2, -0.15) is 4.98 Å². The molecule has 18 heavy (non-hydrogen) atoms. The van der Waals surface area contributed by atoms with E-state index in [4.69, 9.17) is 4.52 Å². The van der Waals surface area contributed by atoms with Crippen molar-refractivity contribution in [2.75, 3.05) is 13.1 Å². The molecule has 6 heteroatoms. The van der Waals surface area contributed by atoms with Gasteiger partial charge < -0.3 is 9.84 Å². The first-order valence-electron chi connectivity index (χ1n) is 5.85. The Labute approximate surface area is 113 Å². The molecule has 0 radical (unpaired) electrons. The maximum absolute atomic E-state index is 5.40. The summed E-state index contributed by atoms with van der Waals surface area (Å²) in [6, 6.07) is 3.77. The van der Waals surface area contributed by atoms with Gasteiger partial charge in [-0.25, -0.2) is 0 Å². The van der Waals surface area contributed by atoms with Crippen molar-refractivity contribution >= 4 is 15.9 Å². The van der Waals surface area contributed by atoms with E-state index in [1.54, 1.807) is 6.20 Å². The summed E-state index contributed by atoms with van der Waals surface area (Å²) in [6.45, 7) is 4.00. The van der Waals surface area contributed by atoms with Crippen molar-refractivity contribution in [3.8, 4) is 11.5 Å². The lowest BCUT2D eigenvalue weighted by molar-refractivity contribution is 0.306. The zero-order valence-electron chi connectivity index (χ0n) is 9.98. The van der Waals surface area contributed by atoms with Crippen LogP contribution in [-0.2, 0) is 5.41 Å². The third-order valence-electron chi connectivity index (χ3n) is 3.28. The Morgan fingerprint density at radius 2 is 2.39 bits per heavy atom. The van der Waals surface area contributed by atoms with Crippen molar-refractivity contribution in [2.45, 2.75) is 18.8 Å². The molecular formula is C12H13BrN4O. The summed E-state index contributed by atoms with van der Waals surface area (Å²) in [4.78, 5) is 8.75. The normalized spacial score (nSPS) is 23.4. The number of pyridine rings is 1. The predicted octanol–water partition coefficient (Wildman–Crippen LogP) is 2.15. The van der Waals surface area contributed by atoms with Crippen LogP contribution in [0.5, 0.6) is 0 Å². The number of rotatable bonds is 2. The molecule has 1 aliphatic rings. The average Bonchev–Trinajstić information content (AvgIpc) is 2.99. The van der Waals surface area contributed by atoms with Crippen molar-refractivity contribution in [2.24, 2.45) is 0 Å². The zero-order chi connectivity index (χ0) is 12.6. The molecule has 0 aliphatic carbocycles. The zero-order valence-corrected chi connectivity index (χ0v) is 11.6. The van der Waals surface area contributed by atoms with Crippen LogP contribution in [0.3, 0.4) is 0 Å². The van der Waals surface area contributed by atoms with Crippen LogP contribution in [0.15, 0.2) is 27.3 Å². The van der Waals surface area contributed by atoms with Crippen LogP contribution in [0, 0.1) is 0 Å². The monoisotopic (exact) mass is 308 g/mol. The van der Waals surface area contributed by atoms with Gasteiger partial charge in [0.05, 0.1) is 5.41 Å². The average molecular weight is 309 g/mol. The maximum atomic E-state index is 5.40. The van der Waals surface area contributed by atoms with E-state index >= 15 is 0 Å². The van der Waals surface area contributed by atoms with Crippen molar-refractivity contribution in [3.63, 3.8) is 0 Å². The van der Waals surface area contributed by atoms with Crippen LogP contribution in [0.4, 0.5) is 0 Å². The second-order valence-corrected chi connectivity index (χ2v) is 5.60. The van der Waals surface area contributed by atoms with Gasteiger partial charge in [0.15, 0.2) is 0 Å². The van der Waals surface area contributed by atoms with E-state index in [0.717, 1.165) is 24.0 Å². The van der Waals surface area contributed by atoms with Crippen molar-refractivity contribution in [3.05, 3.63) is 28.7 Å². The second kappa shape index (κ2) is 4.44. The molecule has 2 aromatic rings. The van der Waals surface area contributed by atoms with E-state index in [9.17, 15) is 0 Å². The fourth-order valence-electron chi connectivity index (χ4n) is 2.11. The molecule has 5 nitrogen and oxygen atoms in total. The summed E-state index contributed by atoms with van der Waals surface area (Å²) in [7, 11) is 0. The molecule has 94 valence electrons. The summed E-state index contributed by atoms with van der Waals surface area (Å²) in [5.41, 5.74) is 0.647. The van der Waals surface area contributed by atoms with Crippen LogP contribution in [0.1, 0.15) is 19.2 Å². The van der Waals surface area contributed by atoms with Gasteiger partial charge in [0.1, 0.15) is 5.69 Å². The molecule has 0 amide bonds. The number of nitrogens with zero attached hydrogens (tertiary/aromatic N) is 3. The van der Waals surface area contributed by atoms with Gasteiger partial charge in [0.2, 0.25) is 11.7 Å². The first-order chi connectivity index (χ1) is 8.69. The van der Waals surface area contributed by atoms with E-state index in [0.29, 0.717) is 17.4 Å². The van der Waals surface area contributed by atoms with Gasteiger partial charge in [-0.15, -0.1) is 0 Å². The third kappa shape index (κ3) is 1.95. The first kappa shape index (κ1) is 11.8. The van der Waals surface area contributed by atoms with Crippen LogP contribution >= 0.6 is 15.9 Å². The fourth-order valence-corrected chi connectivity index (χ4v) is 2.55. The smallest absolute Gasteiger partial charge is 0.234 e. The summed E-state index contributed by atoms with van der Waals surface area (Å²) < 4.78 is 6.27. The van der Waals surface area contributed by atoms with Crippen LogP contribution in [0.25, 0.3) is 11.5 Å². The van der Waals surface area contributed by atoms with Gasteiger partial charge in [-0.3, -0.25) is 4.98 Å². The highest BCUT2D eigenvalue weighted by Gasteiger charge is 2.36. The van der Waals surface area contributed by atoms with Gasteiger partial charge >= 0.3 is 0 Å². The highest BCUT2D eigenvalue weighted by Crippen LogP contribution is 2.31. The minimum atomic E-state index is -0.0630. The second-order valence-electron chi connectivity index (χ2n) is 4.74. The summed E-state index contributed by atoms with van der Waals surface area (Å²) in [5.74, 6) is 1.21. The summed E-state index contributed by atoms with van der Waals surface area (Å²) in [5, 5.41) is 7.35. The van der Waals surface area contributed by atoms with Crippen molar-refractivity contribution in [1.82, 2.24) is 20.4 Å². The number of hydrogen-bond acceptors (Lipinski definition) is 5. The SMILES string of the molecule is CC1(c2nc(-c3ncccc3Br)no2)CCNC1. The van der Waals surface area contributed by atoms with Gasteiger partial charge in [0.25, 0.3) is 0 Å². The van der Waals surface area contributed by atoms with Crippen molar-refractivity contribution in [1.29, 1.82) is 0 Å². The number of nitrogens with one attached hydrogen (secondary N) is 1. The number of halogens is 1. The van der Waals surface area contributed by atoms with Gasteiger partial charge in [-0.05, 0) is 48.0 Å². The quantitative estimate of drug-likeness (QED) is 0.921. The Balaban J connectivity index is 1.97. The number of aromatic nitrogens is 3. The van der Waals surface area contributed by atoms with E-state index in [1.807, 2.05) is 12.1 Å². The Morgan fingerprint density at radius 3 is 3.11 bits per heavy atom.